The Kier molecular flexibility index (Phi) is 1.37. The number of amides is 1. The van der Waals surface area contributed by atoms with Gasteiger partial charge in [-0.25, -0.2) is 9.98 Å². The Bertz CT molecular complexity index is 394. The number of aliphatic hydroxyl groups is 1. The van der Waals surface area contributed by atoms with E-state index in [0.717, 1.165) is 0 Å². The van der Waals surface area contributed by atoms with Crippen molar-refractivity contribution in [3.8, 4) is 0 Å². The molecule has 2 aliphatic heterocycles. The van der Waals surface area contributed by atoms with Crippen LogP contribution in [-0.4, -0.2) is 41.0 Å². The summed E-state index contributed by atoms with van der Waals surface area (Å²) in [6, 6.07) is 0. The summed E-state index contributed by atoms with van der Waals surface area (Å²) >= 11 is 0. The van der Waals surface area contributed by atoms with E-state index in [1.807, 2.05) is 0 Å². The van der Waals surface area contributed by atoms with Crippen molar-refractivity contribution in [1.82, 2.24) is 0 Å². The van der Waals surface area contributed by atoms with Gasteiger partial charge in [-0.3, -0.25) is 4.79 Å². The molecule has 2 heterocycles. The summed E-state index contributed by atoms with van der Waals surface area (Å²) in [5.41, 5.74) is 3.12. The van der Waals surface area contributed by atoms with Crippen LogP contribution in [0.15, 0.2) is 20.0 Å². The normalized spacial score (nSPS) is 31.0. The minimum Gasteiger partial charge on any atom is -0.368 e. The zero-order chi connectivity index (χ0) is 9.47. The van der Waals surface area contributed by atoms with Crippen molar-refractivity contribution in [2.45, 2.75) is 5.72 Å². The van der Waals surface area contributed by atoms with Gasteiger partial charge in [0.25, 0.3) is 0 Å². The lowest BCUT2D eigenvalue weighted by atomic mass is 10.1. The molecule has 0 saturated heterocycles. The molecule has 0 bridgehead atoms. The second-order valence-corrected chi connectivity index (χ2v) is 2.44. The second kappa shape index (κ2) is 2.30. The number of rotatable bonds is 0. The van der Waals surface area contributed by atoms with Gasteiger partial charge in [0.1, 0.15) is 0 Å². The number of aliphatic imine (C=N–C) groups is 4. The molecule has 66 valence electrons. The Morgan fingerprint density at radius 1 is 1.38 bits per heavy atom. The third-order valence-corrected chi connectivity index (χ3v) is 1.57. The van der Waals surface area contributed by atoms with Crippen molar-refractivity contribution in [1.29, 1.82) is 0 Å². The SMILES string of the molecule is NC1=NC(=O)C2(O)N=CC=NC2=N1. The highest BCUT2D eigenvalue weighted by Crippen LogP contribution is 2.18. The van der Waals surface area contributed by atoms with Gasteiger partial charge in [-0.1, -0.05) is 0 Å². The fraction of sp³-hybridized carbons (Fsp3) is 0.167. The highest BCUT2D eigenvalue weighted by atomic mass is 16.3. The van der Waals surface area contributed by atoms with Gasteiger partial charge in [0.2, 0.25) is 5.96 Å². The van der Waals surface area contributed by atoms with Crippen LogP contribution in [0.1, 0.15) is 0 Å². The Morgan fingerprint density at radius 2 is 2.15 bits per heavy atom. The number of nitrogens with zero attached hydrogens (tertiary/aromatic N) is 4. The molecule has 0 spiro atoms. The molecule has 1 unspecified atom stereocenters. The third-order valence-electron chi connectivity index (χ3n) is 1.57. The van der Waals surface area contributed by atoms with Gasteiger partial charge in [-0.15, -0.1) is 0 Å². The summed E-state index contributed by atoms with van der Waals surface area (Å²) in [5, 5.41) is 9.62. The Balaban J connectivity index is 2.57. The predicted octanol–water partition coefficient (Wildman–Crippen LogP) is -1.92. The minimum atomic E-state index is -2.07. The highest BCUT2D eigenvalue weighted by Gasteiger charge is 2.45. The van der Waals surface area contributed by atoms with E-state index in [4.69, 9.17) is 5.73 Å². The van der Waals surface area contributed by atoms with Crippen LogP contribution in [0.5, 0.6) is 0 Å². The molecule has 1 atom stereocenters. The van der Waals surface area contributed by atoms with Crippen molar-refractivity contribution in [3.63, 3.8) is 0 Å². The topological polar surface area (TPSA) is 113 Å². The van der Waals surface area contributed by atoms with Gasteiger partial charge in [-0.05, 0) is 0 Å². The number of carbonyl (C=O) groups is 1. The van der Waals surface area contributed by atoms with E-state index in [2.05, 4.69) is 20.0 Å². The maximum absolute atomic E-state index is 11.2. The molecule has 13 heavy (non-hydrogen) atoms. The third kappa shape index (κ3) is 0.975. The van der Waals surface area contributed by atoms with Gasteiger partial charge in [-0.2, -0.15) is 9.98 Å². The molecule has 3 N–H and O–H groups in total. The zero-order valence-electron chi connectivity index (χ0n) is 6.38. The van der Waals surface area contributed by atoms with Gasteiger partial charge >= 0.3 is 11.6 Å². The van der Waals surface area contributed by atoms with E-state index in [1.54, 1.807) is 0 Å². The summed E-state index contributed by atoms with van der Waals surface area (Å²) in [7, 11) is 0. The first kappa shape index (κ1) is 7.74. The number of guanidine groups is 1. The lowest BCUT2D eigenvalue weighted by Gasteiger charge is -2.23. The average Bonchev–Trinajstić information content (AvgIpc) is 2.07. The van der Waals surface area contributed by atoms with Gasteiger partial charge in [0.15, 0.2) is 5.84 Å². The number of hydrogen-bond acceptors (Lipinski definition) is 6. The second-order valence-electron chi connectivity index (χ2n) is 2.44. The molecule has 0 saturated carbocycles. The monoisotopic (exact) mass is 179 g/mol. The molecule has 0 aromatic rings. The maximum atomic E-state index is 11.2. The summed E-state index contributed by atoms with van der Waals surface area (Å²) in [4.78, 5) is 25.2. The van der Waals surface area contributed by atoms with Gasteiger partial charge < -0.3 is 10.8 Å². The van der Waals surface area contributed by atoms with E-state index in [-0.39, 0.29) is 11.8 Å². The van der Waals surface area contributed by atoms with E-state index < -0.39 is 11.6 Å². The maximum Gasteiger partial charge on any atom is 0.312 e. The number of amidine groups is 1. The zero-order valence-corrected chi connectivity index (χ0v) is 6.38. The lowest BCUT2D eigenvalue weighted by molar-refractivity contribution is -0.129. The summed E-state index contributed by atoms with van der Waals surface area (Å²) in [5.74, 6) is -1.24. The molecule has 7 heteroatoms. The van der Waals surface area contributed by atoms with E-state index in [0.29, 0.717) is 0 Å². The summed E-state index contributed by atoms with van der Waals surface area (Å²) < 4.78 is 0. The van der Waals surface area contributed by atoms with Crippen LogP contribution >= 0.6 is 0 Å². The van der Waals surface area contributed by atoms with Crippen molar-refractivity contribution >= 4 is 30.1 Å². The molecule has 2 rings (SSSR count). The molecule has 1 amide bonds. The molecular formula is C6H5N5O2. The largest absolute Gasteiger partial charge is 0.368 e. The quantitative estimate of drug-likeness (QED) is 0.452. The first-order valence-corrected chi connectivity index (χ1v) is 3.41. The number of hydrogen-bond donors (Lipinski definition) is 2. The Hall–Kier alpha value is -1.89. The molecule has 0 aliphatic carbocycles. The Labute approximate surface area is 72.4 Å². The smallest absolute Gasteiger partial charge is 0.312 e. The van der Waals surface area contributed by atoms with Crippen LogP contribution in [0.4, 0.5) is 0 Å². The molecule has 2 aliphatic rings. The summed E-state index contributed by atoms with van der Waals surface area (Å²) in [6.45, 7) is 0. The summed E-state index contributed by atoms with van der Waals surface area (Å²) in [6.07, 6.45) is 2.51. The standard InChI is InChI=1S/C6H5N5O2/c7-5-10-3-6(13,4(12)11-5)9-2-1-8-3/h1-2,13H,(H2,7,11,12). The van der Waals surface area contributed by atoms with Crippen molar-refractivity contribution in [2.24, 2.45) is 25.7 Å². The van der Waals surface area contributed by atoms with E-state index >= 15 is 0 Å². The molecule has 0 aromatic heterocycles. The Morgan fingerprint density at radius 3 is 2.92 bits per heavy atom. The molecular weight excluding hydrogens is 174 g/mol. The lowest BCUT2D eigenvalue weighted by Crippen LogP contribution is -2.48. The molecule has 0 radical (unpaired) electrons. The first-order valence-electron chi connectivity index (χ1n) is 3.41. The van der Waals surface area contributed by atoms with Crippen LogP contribution in [0.25, 0.3) is 0 Å². The van der Waals surface area contributed by atoms with Crippen LogP contribution in [-0.2, 0) is 4.79 Å². The van der Waals surface area contributed by atoms with Crippen LogP contribution in [0.2, 0.25) is 0 Å². The van der Waals surface area contributed by atoms with E-state index in [1.165, 1.54) is 12.4 Å². The van der Waals surface area contributed by atoms with Gasteiger partial charge in [0.05, 0.1) is 0 Å². The van der Waals surface area contributed by atoms with Gasteiger partial charge in [0, 0.05) is 12.4 Å². The van der Waals surface area contributed by atoms with Crippen molar-refractivity contribution in [3.05, 3.63) is 0 Å². The van der Waals surface area contributed by atoms with Crippen LogP contribution < -0.4 is 5.73 Å². The molecule has 0 fully saturated rings. The van der Waals surface area contributed by atoms with Crippen LogP contribution in [0.3, 0.4) is 0 Å². The average molecular weight is 179 g/mol. The number of carbonyl (C=O) groups excluding carboxylic acids is 1. The van der Waals surface area contributed by atoms with E-state index in [9.17, 15) is 9.90 Å². The predicted molar refractivity (Wildman–Crippen MR) is 46.0 cm³/mol. The fourth-order valence-corrected chi connectivity index (χ4v) is 0.966. The molecule has 0 aromatic carbocycles. The first-order chi connectivity index (χ1) is 6.13. The minimum absolute atomic E-state index is 0.146. The number of nitrogens with two attached hydrogens (primary N) is 1. The van der Waals surface area contributed by atoms with Crippen molar-refractivity contribution in [2.75, 3.05) is 0 Å². The fourth-order valence-electron chi connectivity index (χ4n) is 0.966. The van der Waals surface area contributed by atoms with Crippen LogP contribution in [0, 0.1) is 0 Å². The number of fused-ring (bicyclic) bond motifs is 1. The molecule has 7 nitrogen and oxygen atoms in total. The van der Waals surface area contributed by atoms with Crippen molar-refractivity contribution < 1.29 is 9.90 Å². The highest BCUT2D eigenvalue weighted by molar-refractivity contribution is 6.29.